The summed E-state index contributed by atoms with van der Waals surface area (Å²) in [6, 6.07) is 14.9. The molecule has 33 heavy (non-hydrogen) atoms. The third-order valence-electron chi connectivity index (χ3n) is 4.60. The van der Waals surface area contributed by atoms with Gasteiger partial charge >= 0.3 is 5.97 Å². The normalized spacial score (nSPS) is 12.2. The SMILES string of the molecule is CCOC(=O)c1ccc(-c2cc(Oc3ccc(S(C)(=O)=O)cc3)cc(OC(C)COC)c2)[nH]1. The van der Waals surface area contributed by atoms with Crippen LogP contribution in [0.5, 0.6) is 17.2 Å². The topological polar surface area (TPSA) is 104 Å². The van der Waals surface area contributed by atoms with Crippen LogP contribution in [0.3, 0.4) is 0 Å². The molecule has 1 aromatic heterocycles. The number of aromatic nitrogens is 1. The second kappa shape index (κ2) is 10.5. The number of benzene rings is 2. The van der Waals surface area contributed by atoms with E-state index >= 15 is 0 Å². The number of carbonyl (C=O) groups excluding carboxylic acids is 1. The van der Waals surface area contributed by atoms with Crippen molar-refractivity contribution in [3.05, 3.63) is 60.3 Å². The molecule has 0 spiro atoms. The smallest absolute Gasteiger partial charge is 0.354 e. The van der Waals surface area contributed by atoms with E-state index in [0.29, 0.717) is 35.2 Å². The Morgan fingerprint density at radius 3 is 2.33 bits per heavy atom. The Kier molecular flexibility index (Phi) is 7.78. The number of ether oxygens (including phenoxy) is 4. The Morgan fingerprint density at radius 2 is 1.70 bits per heavy atom. The number of H-pyrrole nitrogens is 1. The number of sulfone groups is 1. The molecule has 1 N–H and O–H groups in total. The molecule has 0 aliphatic heterocycles. The molecule has 1 unspecified atom stereocenters. The summed E-state index contributed by atoms with van der Waals surface area (Å²) in [5.41, 5.74) is 1.75. The number of hydrogen-bond acceptors (Lipinski definition) is 7. The Bertz CT molecular complexity index is 1200. The van der Waals surface area contributed by atoms with Crippen molar-refractivity contribution in [2.75, 3.05) is 26.6 Å². The van der Waals surface area contributed by atoms with Crippen molar-refractivity contribution in [2.24, 2.45) is 0 Å². The fourth-order valence-electron chi connectivity index (χ4n) is 3.14. The number of rotatable bonds is 10. The lowest BCUT2D eigenvalue weighted by atomic mass is 10.1. The van der Waals surface area contributed by atoms with Gasteiger partial charge in [0.2, 0.25) is 0 Å². The van der Waals surface area contributed by atoms with Gasteiger partial charge in [-0.3, -0.25) is 0 Å². The summed E-state index contributed by atoms with van der Waals surface area (Å²) in [5, 5.41) is 0. The second-order valence-corrected chi connectivity index (χ2v) is 9.44. The molecule has 0 amide bonds. The maximum absolute atomic E-state index is 12.0. The first-order valence-corrected chi connectivity index (χ1v) is 12.2. The van der Waals surface area contributed by atoms with Gasteiger partial charge < -0.3 is 23.9 Å². The molecular formula is C24H27NO7S. The predicted octanol–water partition coefficient (Wildman–Crippen LogP) is 4.47. The van der Waals surface area contributed by atoms with Gasteiger partial charge in [-0.25, -0.2) is 13.2 Å². The lowest BCUT2D eigenvalue weighted by Gasteiger charge is -2.16. The molecule has 0 saturated carbocycles. The lowest BCUT2D eigenvalue weighted by molar-refractivity contribution is 0.0520. The molecule has 0 aliphatic carbocycles. The average molecular weight is 474 g/mol. The second-order valence-electron chi connectivity index (χ2n) is 7.43. The lowest BCUT2D eigenvalue weighted by Crippen LogP contribution is -2.17. The largest absolute Gasteiger partial charge is 0.488 e. The molecule has 1 atom stereocenters. The Balaban J connectivity index is 1.93. The minimum Gasteiger partial charge on any atom is -0.488 e. The Morgan fingerprint density at radius 1 is 1.00 bits per heavy atom. The summed E-state index contributed by atoms with van der Waals surface area (Å²) in [6.45, 7) is 4.32. The molecule has 1 heterocycles. The first-order valence-electron chi connectivity index (χ1n) is 10.3. The van der Waals surface area contributed by atoms with Crippen molar-refractivity contribution >= 4 is 15.8 Å². The first-order chi connectivity index (χ1) is 15.7. The molecular weight excluding hydrogens is 446 g/mol. The van der Waals surface area contributed by atoms with Gasteiger partial charge in [-0.15, -0.1) is 0 Å². The molecule has 3 aromatic rings. The first kappa shape index (κ1) is 24.3. The number of esters is 1. The van der Waals surface area contributed by atoms with E-state index in [4.69, 9.17) is 18.9 Å². The van der Waals surface area contributed by atoms with Gasteiger partial charge in [-0.2, -0.15) is 0 Å². The van der Waals surface area contributed by atoms with Crippen molar-refractivity contribution in [3.63, 3.8) is 0 Å². The van der Waals surface area contributed by atoms with E-state index in [9.17, 15) is 13.2 Å². The quantitative estimate of drug-likeness (QED) is 0.433. The summed E-state index contributed by atoms with van der Waals surface area (Å²) < 4.78 is 45.5. The van der Waals surface area contributed by atoms with Crippen molar-refractivity contribution in [3.8, 4) is 28.5 Å². The van der Waals surface area contributed by atoms with Crippen LogP contribution in [0.15, 0.2) is 59.5 Å². The molecule has 176 valence electrons. The third kappa shape index (κ3) is 6.59. The number of methoxy groups -OCH3 is 1. The molecule has 0 radical (unpaired) electrons. The Hall–Kier alpha value is -3.30. The molecule has 0 bridgehead atoms. The maximum Gasteiger partial charge on any atom is 0.354 e. The highest BCUT2D eigenvalue weighted by molar-refractivity contribution is 7.90. The molecule has 0 fully saturated rings. The molecule has 9 heteroatoms. The zero-order valence-corrected chi connectivity index (χ0v) is 19.8. The van der Waals surface area contributed by atoms with E-state index < -0.39 is 15.8 Å². The highest BCUT2D eigenvalue weighted by atomic mass is 32.2. The number of carbonyl (C=O) groups is 1. The standard InChI is InChI=1S/C24H27NO7S/c1-5-30-24(26)23-11-10-22(25-23)17-12-19(31-16(2)15-29-3)14-20(13-17)32-18-6-8-21(9-7-18)33(4,27)28/h6-14,16,25H,5,15H2,1-4H3. The van der Waals surface area contributed by atoms with Crippen LogP contribution in [0.2, 0.25) is 0 Å². The van der Waals surface area contributed by atoms with Crippen LogP contribution in [-0.4, -0.2) is 52.1 Å². The van der Waals surface area contributed by atoms with Gasteiger partial charge in [0, 0.05) is 30.7 Å². The monoisotopic (exact) mass is 473 g/mol. The number of aromatic amines is 1. The van der Waals surface area contributed by atoms with Crippen LogP contribution in [0.1, 0.15) is 24.3 Å². The highest BCUT2D eigenvalue weighted by Crippen LogP contribution is 2.33. The van der Waals surface area contributed by atoms with Crippen LogP contribution >= 0.6 is 0 Å². The van der Waals surface area contributed by atoms with Gasteiger partial charge in [-0.1, -0.05) is 0 Å². The van der Waals surface area contributed by atoms with Crippen LogP contribution in [0.4, 0.5) is 0 Å². The zero-order valence-electron chi connectivity index (χ0n) is 19.0. The van der Waals surface area contributed by atoms with Crippen molar-refractivity contribution in [1.82, 2.24) is 4.98 Å². The van der Waals surface area contributed by atoms with Gasteiger partial charge in [0.25, 0.3) is 0 Å². The highest BCUT2D eigenvalue weighted by Gasteiger charge is 2.14. The minimum atomic E-state index is -3.30. The van der Waals surface area contributed by atoms with Crippen molar-refractivity contribution < 1.29 is 32.2 Å². The number of hydrogen-bond donors (Lipinski definition) is 1. The average Bonchev–Trinajstić information content (AvgIpc) is 3.24. The summed E-state index contributed by atoms with van der Waals surface area (Å²) in [7, 11) is -1.70. The van der Waals surface area contributed by atoms with Crippen LogP contribution in [-0.2, 0) is 19.3 Å². The van der Waals surface area contributed by atoms with Crippen molar-refractivity contribution in [2.45, 2.75) is 24.8 Å². The maximum atomic E-state index is 12.0. The summed E-state index contributed by atoms with van der Waals surface area (Å²) in [6.07, 6.45) is 0.948. The van der Waals surface area contributed by atoms with E-state index in [1.807, 2.05) is 13.0 Å². The van der Waals surface area contributed by atoms with E-state index in [-0.39, 0.29) is 17.6 Å². The summed E-state index contributed by atoms with van der Waals surface area (Å²) in [4.78, 5) is 15.3. The molecule has 0 aliphatic rings. The zero-order chi connectivity index (χ0) is 24.0. The van der Waals surface area contributed by atoms with E-state index in [2.05, 4.69) is 4.98 Å². The molecule has 3 rings (SSSR count). The van der Waals surface area contributed by atoms with Gasteiger partial charge in [0.15, 0.2) is 9.84 Å². The van der Waals surface area contributed by atoms with Gasteiger partial charge in [-0.05, 0) is 62.4 Å². The molecule has 0 saturated heterocycles. The predicted molar refractivity (Wildman–Crippen MR) is 124 cm³/mol. The molecule has 2 aromatic carbocycles. The van der Waals surface area contributed by atoms with E-state index in [1.165, 1.54) is 12.1 Å². The Labute approximate surface area is 193 Å². The van der Waals surface area contributed by atoms with E-state index in [0.717, 1.165) is 11.8 Å². The summed E-state index contributed by atoms with van der Waals surface area (Å²) >= 11 is 0. The fraction of sp³-hybridized carbons (Fsp3) is 0.292. The minimum absolute atomic E-state index is 0.203. The molecule has 8 nitrogen and oxygen atoms in total. The van der Waals surface area contributed by atoms with Gasteiger partial charge in [0.1, 0.15) is 29.0 Å². The summed E-state index contributed by atoms with van der Waals surface area (Å²) in [5.74, 6) is 1.06. The van der Waals surface area contributed by atoms with Crippen LogP contribution in [0.25, 0.3) is 11.3 Å². The third-order valence-corrected chi connectivity index (χ3v) is 5.73. The number of nitrogens with one attached hydrogen (secondary N) is 1. The van der Waals surface area contributed by atoms with E-state index in [1.54, 1.807) is 50.4 Å². The van der Waals surface area contributed by atoms with Crippen LogP contribution < -0.4 is 9.47 Å². The fourth-order valence-corrected chi connectivity index (χ4v) is 3.77. The van der Waals surface area contributed by atoms with Gasteiger partial charge in [0.05, 0.1) is 18.1 Å². The van der Waals surface area contributed by atoms with Crippen molar-refractivity contribution in [1.29, 1.82) is 0 Å². The van der Waals surface area contributed by atoms with Crippen LogP contribution in [0, 0.1) is 0 Å².